The Bertz CT molecular complexity index is 773. The van der Waals surface area contributed by atoms with E-state index < -0.39 is 28.1 Å². The molecule has 3 N–H and O–H groups in total. The van der Waals surface area contributed by atoms with Crippen LogP contribution in [0.15, 0.2) is 18.2 Å². The van der Waals surface area contributed by atoms with Crippen molar-refractivity contribution in [3.63, 3.8) is 0 Å². The molecule has 2 bridgehead atoms. The lowest BCUT2D eigenvalue weighted by Crippen LogP contribution is -2.58. The van der Waals surface area contributed by atoms with Gasteiger partial charge in [-0.25, -0.2) is 0 Å². The predicted octanol–water partition coefficient (Wildman–Crippen LogP) is 2.78. The molecule has 4 heteroatoms. The summed E-state index contributed by atoms with van der Waals surface area (Å²) < 4.78 is 5.40. The van der Waals surface area contributed by atoms with Gasteiger partial charge in [0.25, 0.3) is 0 Å². The molecule has 1 aromatic carbocycles. The van der Waals surface area contributed by atoms with Crippen molar-refractivity contribution >= 4 is 0 Å². The van der Waals surface area contributed by atoms with Gasteiger partial charge in [-0.05, 0) is 80.5 Å². The van der Waals surface area contributed by atoms with Gasteiger partial charge in [-0.15, -0.1) is 0 Å². The summed E-state index contributed by atoms with van der Waals surface area (Å²) in [5.41, 5.74) is -0.704. The second kappa shape index (κ2) is 4.84. The lowest BCUT2D eigenvalue weighted by Gasteiger charge is -2.57. The number of aliphatic hydroxyl groups excluding tert-OH is 1. The van der Waals surface area contributed by atoms with Crippen LogP contribution in [0.5, 0.6) is 5.75 Å². The van der Waals surface area contributed by atoms with Gasteiger partial charge < -0.3 is 20.1 Å². The molecule has 0 aliphatic heterocycles. The van der Waals surface area contributed by atoms with Crippen LogP contribution in [-0.2, 0) is 6.42 Å². The number of hydrogen-bond acceptors (Lipinski definition) is 4. The Balaban J connectivity index is 1.64. The Hall–Kier alpha value is -1.10. The summed E-state index contributed by atoms with van der Waals surface area (Å²) in [5, 5.41) is 34.0. The molecule has 142 valence electrons. The van der Waals surface area contributed by atoms with E-state index in [9.17, 15) is 15.3 Å². The fraction of sp³-hybridized carbons (Fsp3) is 0.727. The number of methoxy groups -OCH3 is 1. The zero-order valence-electron chi connectivity index (χ0n) is 16.0. The quantitative estimate of drug-likeness (QED) is 0.722. The fourth-order valence-corrected chi connectivity index (χ4v) is 7.97. The van der Waals surface area contributed by atoms with E-state index in [0.29, 0.717) is 18.3 Å². The van der Waals surface area contributed by atoms with Gasteiger partial charge in [0.1, 0.15) is 17.0 Å². The molecule has 0 aromatic heterocycles. The third-order valence-electron chi connectivity index (χ3n) is 9.28. The standard InChI is InChI=1S/C22H30O4/c1-19-9-8-16-15-6-5-14(26-3)12-13(15)4-7-17(16)21(19)10-11-22(19,25)20(2,24)18(21)23/h5-6,12,16-18,23-25H,4,7-11H2,1-3H3/t16-,17-,18-,19+,20+,21-,22-/m1/s1. The van der Waals surface area contributed by atoms with E-state index in [-0.39, 0.29) is 0 Å². The maximum Gasteiger partial charge on any atom is 0.119 e. The van der Waals surface area contributed by atoms with Gasteiger partial charge in [-0.2, -0.15) is 0 Å². The van der Waals surface area contributed by atoms with Crippen molar-refractivity contribution in [2.24, 2.45) is 16.7 Å². The average molecular weight is 358 g/mol. The van der Waals surface area contributed by atoms with E-state index in [2.05, 4.69) is 19.1 Å². The van der Waals surface area contributed by atoms with Gasteiger partial charge in [0.05, 0.1) is 13.2 Å². The summed E-state index contributed by atoms with van der Waals surface area (Å²) in [7, 11) is 1.70. The molecule has 26 heavy (non-hydrogen) atoms. The minimum absolute atomic E-state index is 0.306. The van der Waals surface area contributed by atoms with Gasteiger partial charge in [0, 0.05) is 10.8 Å². The first-order chi connectivity index (χ1) is 12.2. The van der Waals surface area contributed by atoms with E-state index in [1.54, 1.807) is 14.0 Å². The van der Waals surface area contributed by atoms with Crippen molar-refractivity contribution in [2.45, 2.75) is 75.6 Å². The molecule has 7 atom stereocenters. The largest absolute Gasteiger partial charge is 0.497 e. The van der Waals surface area contributed by atoms with Gasteiger partial charge >= 0.3 is 0 Å². The molecule has 0 amide bonds. The summed E-state index contributed by atoms with van der Waals surface area (Å²) in [6, 6.07) is 6.40. The van der Waals surface area contributed by atoms with Crippen LogP contribution in [0.3, 0.4) is 0 Å². The molecule has 1 aromatic rings. The molecule has 0 heterocycles. The number of hydrogen-bond donors (Lipinski definition) is 3. The molecule has 5 rings (SSSR count). The van der Waals surface area contributed by atoms with Crippen LogP contribution in [0.1, 0.15) is 63.0 Å². The van der Waals surface area contributed by atoms with E-state index in [1.807, 2.05) is 6.07 Å². The smallest absolute Gasteiger partial charge is 0.119 e. The molecule has 4 nitrogen and oxygen atoms in total. The number of ether oxygens (including phenoxy) is 1. The number of fused-ring (bicyclic) bond motifs is 3. The lowest BCUT2D eigenvalue weighted by molar-refractivity contribution is -0.194. The van der Waals surface area contributed by atoms with Gasteiger partial charge in [-0.3, -0.25) is 0 Å². The second-order valence-corrected chi connectivity index (χ2v) is 9.64. The summed E-state index contributed by atoms with van der Waals surface area (Å²) in [6.45, 7) is 3.78. The molecule has 0 spiro atoms. The zero-order valence-corrected chi connectivity index (χ0v) is 16.0. The average Bonchev–Trinajstić information content (AvgIpc) is 2.94. The van der Waals surface area contributed by atoms with Crippen molar-refractivity contribution < 1.29 is 20.1 Å². The third-order valence-corrected chi connectivity index (χ3v) is 9.28. The molecule has 3 saturated carbocycles. The molecule has 0 unspecified atom stereocenters. The normalized spacial score (nSPS) is 51.5. The van der Waals surface area contributed by atoms with Crippen LogP contribution in [0, 0.1) is 16.7 Å². The minimum atomic E-state index is -1.44. The van der Waals surface area contributed by atoms with Gasteiger partial charge in [0.2, 0.25) is 0 Å². The second-order valence-electron chi connectivity index (χ2n) is 9.64. The van der Waals surface area contributed by atoms with Crippen molar-refractivity contribution in [1.82, 2.24) is 0 Å². The minimum Gasteiger partial charge on any atom is -0.497 e. The first-order valence-electron chi connectivity index (χ1n) is 10.0. The van der Waals surface area contributed by atoms with Crippen molar-refractivity contribution in [2.75, 3.05) is 7.11 Å². The summed E-state index contributed by atoms with van der Waals surface area (Å²) in [4.78, 5) is 0. The first kappa shape index (κ1) is 17.0. The van der Waals surface area contributed by atoms with Crippen LogP contribution < -0.4 is 4.74 Å². The van der Waals surface area contributed by atoms with E-state index in [1.165, 1.54) is 11.1 Å². The number of benzene rings is 1. The fourth-order valence-electron chi connectivity index (χ4n) is 7.97. The van der Waals surface area contributed by atoms with Crippen molar-refractivity contribution in [1.29, 1.82) is 0 Å². The highest BCUT2D eigenvalue weighted by Crippen LogP contribution is 2.79. The Morgan fingerprint density at radius 3 is 2.58 bits per heavy atom. The summed E-state index contributed by atoms with van der Waals surface area (Å²) in [5.74, 6) is 1.60. The van der Waals surface area contributed by atoms with E-state index in [0.717, 1.165) is 37.9 Å². The first-order valence-corrected chi connectivity index (χ1v) is 10.0. The predicted molar refractivity (Wildman–Crippen MR) is 98.1 cm³/mol. The van der Waals surface area contributed by atoms with Crippen LogP contribution >= 0.6 is 0 Å². The SMILES string of the molecule is COc1ccc2c(c1)CC[C@@H]1[C@@H]2CC[C@@]2(C)[C@]13CC[C@]2(O)[C@@](C)(O)[C@H]3O. The Morgan fingerprint density at radius 1 is 1.08 bits per heavy atom. The van der Waals surface area contributed by atoms with Crippen molar-refractivity contribution in [3.05, 3.63) is 29.3 Å². The molecular weight excluding hydrogens is 328 g/mol. The lowest BCUT2D eigenvalue weighted by atomic mass is 9.47. The molecule has 4 aliphatic carbocycles. The number of rotatable bonds is 1. The number of aliphatic hydroxyl groups is 3. The monoisotopic (exact) mass is 358 g/mol. The molecule has 0 radical (unpaired) electrons. The maximum atomic E-state index is 11.5. The Morgan fingerprint density at radius 2 is 1.85 bits per heavy atom. The van der Waals surface area contributed by atoms with Gasteiger partial charge in [0.15, 0.2) is 0 Å². The zero-order chi connectivity index (χ0) is 18.5. The summed E-state index contributed by atoms with van der Waals surface area (Å²) in [6.07, 6.45) is 4.36. The van der Waals surface area contributed by atoms with Crippen molar-refractivity contribution in [3.8, 4) is 5.75 Å². The topological polar surface area (TPSA) is 69.9 Å². The van der Waals surface area contributed by atoms with Crippen LogP contribution in [-0.4, -0.2) is 39.7 Å². The maximum absolute atomic E-state index is 11.5. The third kappa shape index (κ3) is 1.52. The number of aryl methyl sites for hydroxylation is 1. The highest BCUT2D eigenvalue weighted by molar-refractivity contribution is 5.43. The van der Waals surface area contributed by atoms with Crippen LogP contribution in [0.25, 0.3) is 0 Å². The van der Waals surface area contributed by atoms with E-state index in [4.69, 9.17) is 4.74 Å². The summed E-state index contributed by atoms with van der Waals surface area (Å²) >= 11 is 0. The molecular formula is C22H30O4. The van der Waals surface area contributed by atoms with Crippen LogP contribution in [0.4, 0.5) is 0 Å². The van der Waals surface area contributed by atoms with E-state index >= 15 is 0 Å². The molecule has 3 fully saturated rings. The molecule has 4 aliphatic rings. The van der Waals surface area contributed by atoms with Crippen LogP contribution in [0.2, 0.25) is 0 Å². The Labute approximate surface area is 155 Å². The van der Waals surface area contributed by atoms with Gasteiger partial charge in [-0.1, -0.05) is 13.0 Å². The Kier molecular flexibility index (Phi) is 3.17. The highest BCUT2D eigenvalue weighted by Gasteiger charge is 2.84. The highest BCUT2D eigenvalue weighted by atomic mass is 16.5. The molecule has 0 saturated heterocycles.